The molecule has 5 heteroatoms. The van der Waals surface area contributed by atoms with Crippen LogP contribution in [-0.4, -0.2) is 23.7 Å². The first-order valence-electron chi connectivity index (χ1n) is 26.1. The Hall–Kier alpha value is -10.1. The van der Waals surface area contributed by atoms with Gasteiger partial charge in [-0.3, -0.25) is 0 Å². The number of hydrogen-bond acceptors (Lipinski definition) is 2. The van der Waals surface area contributed by atoms with Gasteiger partial charge in [0.25, 0.3) is 0 Å². The zero-order valence-corrected chi connectivity index (χ0v) is 41.2. The molecule has 0 atom stereocenters. The fourth-order valence-electron chi connectivity index (χ4n) is 12.7. The Morgan fingerprint density at radius 2 is 0.566 bits per heavy atom. The van der Waals surface area contributed by atoms with E-state index >= 15 is 0 Å². The van der Waals surface area contributed by atoms with Crippen LogP contribution in [0.5, 0.6) is 0 Å². The van der Waals surface area contributed by atoms with Gasteiger partial charge in [0.05, 0.1) is 61.6 Å². The highest BCUT2D eigenvalue weighted by atomic mass is 15.0. The van der Waals surface area contributed by atoms with Crippen molar-refractivity contribution in [3.63, 3.8) is 0 Å². The lowest BCUT2D eigenvalue weighted by Gasteiger charge is -2.21. The molecule has 76 heavy (non-hydrogen) atoms. The molecule has 0 aliphatic heterocycles. The molecule has 10 aromatic carbocycles. The van der Waals surface area contributed by atoms with Gasteiger partial charge in [-0.15, -0.1) is 0 Å². The summed E-state index contributed by atoms with van der Waals surface area (Å²) >= 11 is 0. The van der Waals surface area contributed by atoms with E-state index in [1.165, 1.54) is 71.2 Å². The lowest BCUT2D eigenvalue weighted by Crippen LogP contribution is -2.05. The Kier molecular flexibility index (Phi) is 9.33. The van der Waals surface area contributed by atoms with Crippen LogP contribution in [-0.2, 0) is 0 Å². The number of aromatic nitrogens is 5. The van der Waals surface area contributed by atoms with Gasteiger partial charge < -0.3 is 13.7 Å². The molecule has 0 saturated carbocycles. The van der Waals surface area contributed by atoms with E-state index in [-0.39, 0.29) is 5.92 Å². The molecule has 1 aliphatic rings. The predicted molar refractivity (Wildman–Crippen MR) is 314 cm³/mol. The number of fused-ring (bicyclic) bond motifs is 12. The summed E-state index contributed by atoms with van der Waals surface area (Å²) in [6.45, 7) is 0. The summed E-state index contributed by atoms with van der Waals surface area (Å²) in [5.41, 5.74) is 22.0. The molecule has 5 nitrogen and oxygen atoms in total. The first-order chi connectivity index (χ1) is 37.7. The van der Waals surface area contributed by atoms with E-state index in [4.69, 9.17) is 9.97 Å². The lowest BCUT2D eigenvalue weighted by molar-refractivity contribution is 1.01. The van der Waals surface area contributed by atoms with E-state index < -0.39 is 0 Å². The highest BCUT2D eigenvalue weighted by molar-refractivity contribution is 6.12. The van der Waals surface area contributed by atoms with E-state index in [9.17, 15) is 0 Å². The number of rotatable bonds is 7. The molecule has 5 heterocycles. The Morgan fingerprint density at radius 1 is 0.237 bits per heavy atom. The highest BCUT2D eigenvalue weighted by Gasteiger charge is 2.32. The third kappa shape index (κ3) is 6.33. The van der Waals surface area contributed by atoms with Crippen molar-refractivity contribution in [2.45, 2.75) is 5.92 Å². The molecule has 0 radical (unpaired) electrons. The topological polar surface area (TPSA) is 40.6 Å². The summed E-state index contributed by atoms with van der Waals surface area (Å²) < 4.78 is 7.21. The SMILES string of the molecule is c1cc(-c2cccc(-c3cc(-n4c5ccccc5c5ccccc54)ccc3-n3c4ccccc4c4ccccc43)n2)nc(-c2cc(-n3c4ccccc4c4ccccc43)ccc2C2c3ccccc3-c3ccccc32)c1. The highest BCUT2D eigenvalue weighted by Crippen LogP contribution is 2.50. The summed E-state index contributed by atoms with van der Waals surface area (Å²) in [7, 11) is 0. The monoisotopic (exact) mass is 967 g/mol. The zero-order valence-electron chi connectivity index (χ0n) is 41.2. The molecule has 0 amide bonds. The minimum Gasteiger partial charge on any atom is -0.309 e. The van der Waals surface area contributed by atoms with Crippen molar-refractivity contribution in [2.75, 3.05) is 0 Å². The lowest BCUT2D eigenvalue weighted by atomic mass is 9.85. The smallest absolute Gasteiger partial charge is 0.0893 e. The maximum absolute atomic E-state index is 5.64. The second-order valence-electron chi connectivity index (χ2n) is 20.0. The van der Waals surface area contributed by atoms with Gasteiger partial charge in [0.1, 0.15) is 0 Å². The molecule has 16 rings (SSSR count). The number of para-hydroxylation sites is 6. The van der Waals surface area contributed by atoms with Crippen LogP contribution in [0.2, 0.25) is 0 Å². The third-order valence-corrected chi connectivity index (χ3v) is 16.0. The van der Waals surface area contributed by atoms with Gasteiger partial charge in [0.15, 0.2) is 0 Å². The quantitative estimate of drug-likeness (QED) is 0.160. The van der Waals surface area contributed by atoms with Crippen molar-refractivity contribution >= 4 is 65.4 Å². The number of hydrogen-bond donors (Lipinski definition) is 0. The minimum atomic E-state index is 0.0163. The van der Waals surface area contributed by atoms with Crippen molar-refractivity contribution in [1.82, 2.24) is 23.7 Å². The van der Waals surface area contributed by atoms with Crippen LogP contribution < -0.4 is 0 Å². The van der Waals surface area contributed by atoms with Gasteiger partial charge >= 0.3 is 0 Å². The Labute approximate surface area is 438 Å². The molecule has 0 unspecified atom stereocenters. The number of benzene rings is 10. The average Bonchev–Trinajstić information content (AvgIpc) is 4.24. The van der Waals surface area contributed by atoms with Crippen LogP contribution in [0, 0.1) is 0 Å². The van der Waals surface area contributed by atoms with Crippen LogP contribution in [0.25, 0.3) is 128 Å². The maximum Gasteiger partial charge on any atom is 0.0893 e. The number of nitrogens with zero attached hydrogens (tertiary/aromatic N) is 5. The van der Waals surface area contributed by atoms with Crippen molar-refractivity contribution in [2.24, 2.45) is 0 Å². The molecule has 354 valence electrons. The minimum absolute atomic E-state index is 0.0163. The Morgan fingerprint density at radius 3 is 1.01 bits per heavy atom. The van der Waals surface area contributed by atoms with Crippen molar-refractivity contribution in [3.8, 4) is 62.1 Å². The largest absolute Gasteiger partial charge is 0.309 e. The average molecular weight is 968 g/mol. The van der Waals surface area contributed by atoms with Gasteiger partial charge in [0, 0.05) is 60.7 Å². The van der Waals surface area contributed by atoms with Crippen LogP contribution >= 0.6 is 0 Å². The normalized spacial score (nSPS) is 12.4. The van der Waals surface area contributed by atoms with E-state index in [0.29, 0.717) is 0 Å². The van der Waals surface area contributed by atoms with Crippen molar-refractivity contribution < 1.29 is 0 Å². The van der Waals surface area contributed by atoms with Crippen LogP contribution in [0.3, 0.4) is 0 Å². The van der Waals surface area contributed by atoms with Gasteiger partial charge in [-0.25, -0.2) is 9.97 Å². The molecular formula is C71H45N5. The van der Waals surface area contributed by atoms with Crippen LogP contribution in [0.1, 0.15) is 22.6 Å². The van der Waals surface area contributed by atoms with Gasteiger partial charge in [-0.05, 0) is 119 Å². The molecule has 0 bridgehead atoms. The first kappa shape index (κ1) is 42.4. The molecule has 0 spiro atoms. The van der Waals surface area contributed by atoms with Gasteiger partial charge in [-0.1, -0.05) is 176 Å². The maximum atomic E-state index is 5.64. The molecule has 1 aliphatic carbocycles. The predicted octanol–water partition coefficient (Wildman–Crippen LogP) is 17.9. The van der Waals surface area contributed by atoms with Gasteiger partial charge in [0.2, 0.25) is 0 Å². The van der Waals surface area contributed by atoms with Crippen molar-refractivity contribution in [1.29, 1.82) is 0 Å². The molecule has 0 saturated heterocycles. The van der Waals surface area contributed by atoms with E-state index in [1.54, 1.807) is 0 Å². The van der Waals surface area contributed by atoms with Crippen LogP contribution in [0.4, 0.5) is 0 Å². The summed E-state index contributed by atoms with van der Waals surface area (Å²) in [5, 5.41) is 7.34. The summed E-state index contributed by atoms with van der Waals surface area (Å²) in [4.78, 5) is 11.3. The summed E-state index contributed by atoms with van der Waals surface area (Å²) in [6.07, 6.45) is 0. The number of pyridine rings is 2. The fraction of sp³-hybridized carbons (Fsp3) is 0.0141. The van der Waals surface area contributed by atoms with Crippen molar-refractivity contribution in [3.05, 3.63) is 284 Å². The standard InChI is InChI=1S/C71H45N5/c1-3-27-55-47(19-1)48-20-2-4-28-56(48)71(55)57-41-39-45(74-64-33-11-5-21-49(64)50-22-6-12-34-65(50)74)43-58(57)60-29-17-31-62(72-60)63-32-18-30-61(73-63)59-44-46(75-66-35-13-7-23-51(66)52-24-8-14-36-67(52)75)40-42-70(59)76-68-37-15-9-25-53(68)54-26-10-16-38-69(54)76/h1-44,71H. The first-order valence-corrected chi connectivity index (χ1v) is 26.1. The van der Waals surface area contributed by atoms with E-state index in [1.807, 2.05) is 0 Å². The van der Waals surface area contributed by atoms with Gasteiger partial charge in [-0.2, -0.15) is 0 Å². The summed E-state index contributed by atoms with van der Waals surface area (Å²) in [6, 6.07) is 96.8. The molecule has 0 fully saturated rings. The zero-order chi connectivity index (χ0) is 49.8. The molecule has 15 aromatic rings. The Bertz CT molecular complexity index is 4650. The van der Waals surface area contributed by atoms with E-state index in [2.05, 4.69) is 281 Å². The van der Waals surface area contributed by atoms with Crippen LogP contribution in [0.15, 0.2) is 267 Å². The second kappa shape index (κ2) is 16.7. The second-order valence-corrected chi connectivity index (χ2v) is 20.0. The summed E-state index contributed by atoms with van der Waals surface area (Å²) in [5.74, 6) is 0.0163. The molecule has 5 aromatic heterocycles. The molecular weight excluding hydrogens is 923 g/mol. The fourth-order valence-corrected chi connectivity index (χ4v) is 12.7. The third-order valence-electron chi connectivity index (χ3n) is 16.0. The molecule has 0 N–H and O–H groups in total. The van der Waals surface area contributed by atoms with E-state index in [0.717, 1.165) is 73.0 Å². The Balaban J connectivity index is 0.901.